The Labute approximate surface area is 126 Å². The van der Waals surface area contributed by atoms with Gasteiger partial charge in [-0.1, -0.05) is 39.3 Å². The number of rotatable bonds is 6. The van der Waals surface area contributed by atoms with Gasteiger partial charge in [-0.05, 0) is 37.0 Å². The molecule has 21 heavy (non-hydrogen) atoms. The van der Waals surface area contributed by atoms with Gasteiger partial charge in [-0.2, -0.15) is 0 Å². The van der Waals surface area contributed by atoms with Crippen LogP contribution in [0.4, 0.5) is 4.39 Å². The van der Waals surface area contributed by atoms with Gasteiger partial charge in [-0.25, -0.2) is 4.39 Å². The molecule has 1 heterocycles. The van der Waals surface area contributed by atoms with Crippen LogP contribution in [0.3, 0.4) is 0 Å². The molecule has 1 aromatic carbocycles. The number of carbonyl (C=O) groups excluding carboxylic acids is 1. The van der Waals surface area contributed by atoms with Crippen LogP contribution in [0, 0.1) is 5.82 Å². The van der Waals surface area contributed by atoms with Crippen molar-refractivity contribution in [1.29, 1.82) is 0 Å². The largest absolute Gasteiger partial charge is 0.319 e. The topological polar surface area (TPSA) is 32.3 Å². The summed E-state index contributed by atoms with van der Waals surface area (Å²) in [6, 6.07) is 6.56. The van der Waals surface area contributed by atoms with E-state index in [4.69, 9.17) is 0 Å². The number of amides is 1. The maximum atomic E-state index is 13.1. The van der Waals surface area contributed by atoms with Crippen molar-refractivity contribution in [2.24, 2.45) is 0 Å². The molecule has 3 unspecified atom stereocenters. The van der Waals surface area contributed by atoms with Crippen molar-refractivity contribution in [3.8, 4) is 0 Å². The van der Waals surface area contributed by atoms with Gasteiger partial charge in [0.2, 0.25) is 5.91 Å². The Kier molecular flexibility index (Phi) is 5.34. The first-order chi connectivity index (χ1) is 10.1. The van der Waals surface area contributed by atoms with E-state index in [1.54, 1.807) is 12.1 Å². The molecule has 0 saturated carbocycles. The van der Waals surface area contributed by atoms with Crippen LogP contribution in [0.25, 0.3) is 0 Å². The van der Waals surface area contributed by atoms with E-state index in [1.165, 1.54) is 12.1 Å². The highest BCUT2D eigenvalue weighted by Crippen LogP contribution is 2.31. The van der Waals surface area contributed by atoms with Crippen LogP contribution in [0.15, 0.2) is 24.3 Å². The monoisotopic (exact) mass is 292 g/mol. The van der Waals surface area contributed by atoms with Crippen molar-refractivity contribution >= 4 is 5.91 Å². The van der Waals surface area contributed by atoms with Gasteiger partial charge in [0.25, 0.3) is 0 Å². The maximum Gasteiger partial charge on any atom is 0.241 e. The number of benzene rings is 1. The summed E-state index contributed by atoms with van der Waals surface area (Å²) in [5.41, 5.74) is 0.954. The number of hydrogen-bond acceptors (Lipinski definition) is 2. The van der Waals surface area contributed by atoms with Gasteiger partial charge < -0.3 is 4.90 Å². The van der Waals surface area contributed by atoms with E-state index in [0.29, 0.717) is 0 Å². The molecule has 116 valence electrons. The molecule has 0 radical (unpaired) electrons. The molecule has 0 bridgehead atoms. The number of hydrogen-bond donors (Lipinski definition) is 1. The molecule has 4 heteroatoms. The van der Waals surface area contributed by atoms with Crippen molar-refractivity contribution in [3.05, 3.63) is 35.6 Å². The number of nitrogens with one attached hydrogen (secondary N) is 1. The SMILES string of the molecule is CCCC(CC)N1C(=O)C(CC)NC1c1ccc(F)cc1. The van der Waals surface area contributed by atoms with Crippen LogP contribution in [0.1, 0.15) is 58.2 Å². The second-order valence-corrected chi connectivity index (χ2v) is 5.68. The zero-order chi connectivity index (χ0) is 15.4. The van der Waals surface area contributed by atoms with Crippen molar-refractivity contribution < 1.29 is 9.18 Å². The highest BCUT2D eigenvalue weighted by molar-refractivity contribution is 5.84. The lowest BCUT2D eigenvalue weighted by Gasteiger charge is -2.32. The van der Waals surface area contributed by atoms with Gasteiger partial charge in [0.1, 0.15) is 12.0 Å². The summed E-state index contributed by atoms with van der Waals surface area (Å²) in [6.07, 6.45) is 3.62. The summed E-state index contributed by atoms with van der Waals surface area (Å²) >= 11 is 0. The van der Waals surface area contributed by atoms with E-state index in [0.717, 1.165) is 31.2 Å². The minimum Gasteiger partial charge on any atom is -0.319 e. The zero-order valence-electron chi connectivity index (χ0n) is 13.1. The molecule has 1 amide bonds. The average molecular weight is 292 g/mol. The van der Waals surface area contributed by atoms with Gasteiger partial charge in [-0.15, -0.1) is 0 Å². The van der Waals surface area contributed by atoms with Crippen molar-refractivity contribution in [2.75, 3.05) is 0 Å². The third-order valence-corrected chi connectivity index (χ3v) is 4.27. The van der Waals surface area contributed by atoms with Gasteiger partial charge in [0.05, 0.1) is 6.04 Å². The van der Waals surface area contributed by atoms with E-state index >= 15 is 0 Å². The number of halogens is 1. The van der Waals surface area contributed by atoms with Crippen molar-refractivity contribution in [3.63, 3.8) is 0 Å². The standard InChI is InChI=1S/C17H25FN2O/c1-4-7-14(5-2)20-16(19-15(6-3)17(20)21)12-8-10-13(18)11-9-12/h8-11,14-16,19H,4-7H2,1-3H3. The first-order valence-corrected chi connectivity index (χ1v) is 7.96. The van der Waals surface area contributed by atoms with E-state index < -0.39 is 0 Å². The fourth-order valence-corrected chi connectivity index (χ4v) is 3.11. The molecular weight excluding hydrogens is 267 g/mol. The third kappa shape index (κ3) is 3.26. The van der Waals surface area contributed by atoms with E-state index in [1.807, 2.05) is 11.8 Å². The normalized spacial score (nSPS) is 23.6. The Morgan fingerprint density at radius 1 is 1.24 bits per heavy atom. The van der Waals surface area contributed by atoms with Gasteiger partial charge in [0.15, 0.2) is 0 Å². The molecular formula is C17H25FN2O. The molecule has 1 saturated heterocycles. The fourth-order valence-electron chi connectivity index (χ4n) is 3.11. The van der Waals surface area contributed by atoms with Crippen LogP contribution in [-0.4, -0.2) is 22.9 Å². The first kappa shape index (κ1) is 16.0. The van der Waals surface area contributed by atoms with Gasteiger partial charge in [-0.3, -0.25) is 10.1 Å². The lowest BCUT2D eigenvalue weighted by atomic mass is 10.0. The van der Waals surface area contributed by atoms with Gasteiger partial charge >= 0.3 is 0 Å². The van der Waals surface area contributed by atoms with Crippen LogP contribution in [0.5, 0.6) is 0 Å². The summed E-state index contributed by atoms with van der Waals surface area (Å²) in [6.45, 7) is 6.27. The lowest BCUT2D eigenvalue weighted by Crippen LogP contribution is -2.39. The lowest BCUT2D eigenvalue weighted by molar-refractivity contribution is -0.132. The van der Waals surface area contributed by atoms with Crippen molar-refractivity contribution in [2.45, 2.75) is 64.7 Å². The highest BCUT2D eigenvalue weighted by Gasteiger charge is 2.41. The second-order valence-electron chi connectivity index (χ2n) is 5.68. The molecule has 1 aliphatic rings. The summed E-state index contributed by atoms with van der Waals surface area (Å²) in [5.74, 6) is -0.0746. The molecule has 3 atom stereocenters. The molecule has 1 fully saturated rings. The third-order valence-electron chi connectivity index (χ3n) is 4.27. The maximum absolute atomic E-state index is 13.1. The molecule has 0 aliphatic carbocycles. The molecule has 3 nitrogen and oxygen atoms in total. The predicted octanol–water partition coefficient (Wildman–Crippen LogP) is 3.61. The Bertz CT molecular complexity index is 474. The van der Waals surface area contributed by atoms with E-state index in [9.17, 15) is 9.18 Å². The Morgan fingerprint density at radius 2 is 1.90 bits per heavy atom. The quantitative estimate of drug-likeness (QED) is 0.868. The van der Waals surface area contributed by atoms with Crippen LogP contribution in [0.2, 0.25) is 0 Å². The Balaban J connectivity index is 2.31. The predicted molar refractivity (Wildman–Crippen MR) is 82.2 cm³/mol. The van der Waals surface area contributed by atoms with Crippen LogP contribution < -0.4 is 5.32 Å². The molecule has 1 aromatic rings. The minimum atomic E-state index is -0.248. The molecule has 1 aliphatic heterocycles. The highest BCUT2D eigenvalue weighted by atomic mass is 19.1. The van der Waals surface area contributed by atoms with Crippen LogP contribution >= 0.6 is 0 Å². The number of nitrogens with zero attached hydrogens (tertiary/aromatic N) is 1. The Hall–Kier alpha value is -1.42. The first-order valence-electron chi connectivity index (χ1n) is 7.96. The zero-order valence-corrected chi connectivity index (χ0v) is 13.1. The van der Waals surface area contributed by atoms with E-state index in [-0.39, 0.29) is 30.0 Å². The summed E-state index contributed by atoms with van der Waals surface area (Å²) in [7, 11) is 0. The van der Waals surface area contributed by atoms with Gasteiger partial charge in [0, 0.05) is 6.04 Å². The smallest absolute Gasteiger partial charge is 0.241 e. The van der Waals surface area contributed by atoms with Crippen LogP contribution in [-0.2, 0) is 4.79 Å². The minimum absolute atomic E-state index is 0.133. The molecule has 1 N–H and O–H groups in total. The summed E-state index contributed by atoms with van der Waals surface area (Å²) in [5, 5.41) is 3.40. The average Bonchev–Trinajstić information content (AvgIpc) is 2.82. The van der Waals surface area contributed by atoms with E-state index in [2.05, 4.69) is 19.2 Å². The molecule has 2 rings (SSSR count). The molecule has 0 aromatic heterocycles. The Morgan fingerprint density at radius 3 is 2.43 bits per heavy atom. The number of carbonyl (C=O) groups is 1. The summed E-state index contributed by atoms with van der Waals surface area (Å²) < 4.78 is 13.1. The van der Waals surface area contributed by atoms with Crippen molar-refractivity contribution in [1.82, 2.24) is 10.2 Å². The summed E-state index contributed by atoms with van der Waals surface area (Å²) in [4.78, 5) is 14.6. The fraction of sp³-hybridized carbons (Fsp3) is 0.588. The second kappa shape index (κ2) is 7.03. The molecule has 0 spiro atoms.